The highest BCUT2D eigenvalue weighted by Gasteiger charge is 1.94. The quantitative estimate of drug-likeness (QED) is 0.569. The van der Waals surface area contributed by atoms with Crippen LogP contribution < -0.4 is 5.32 Å². The monoisotopic (exact) mass is 127 g/mol. The van der Waals surface area contributed by atoms with Crippen molar-refractivity contribution in [3.05, 3.63) is 12.2 Å². The van der Waals surface area contributed by atoms with Gasteiger partial charge in [-0.15, -0.1) is 0 Å². The van der Waals surface area contributed by atoms with Gasteiger partial charge in [0.15, 0.2) is 0 Å². The van der Waals surface area contributed by atoms with Crippen LogP contribution in [0.25, 0.3) is 0 Å². The first-order chi connectivity index (χ1) is 4.35. The Morgan fingerprint density at radius 1 is 1.44 bits per heavy atom. The smallest absolute Gasteiger partial charge is 0.0247 e. The maximum Gasteiger partial charge on any atom is 0.0247 e. The Balaban J connectivity index is 3.41. The number of likely N-dealkylation sites (N-methyl/N-ethyl adjacent to an activating group) is 1. The molecule has 1 N–H and O–H groups in total. The van der Waals surface area contributed by atoms with Crippen molar-refractivity contribution in [3.63, 3.8) is 0 Å². The fraction of sp³-hybridized carbons (Fsp3) is 0.750. The molecule has 0 amide bonds. The number of nitrogens with one attached hydrogen (secondary N) is 1. The van der Waals surface area contributed by atoms with Crippen molar-refractivity contribution in [2.45, 2.75) is 33.2 Å². The van der Waals surface area contributed by atoms with Gasteiger partial charge in [-0.3, -0.25) is 0 Å². The summed E-state index contributed by atoms with van der Waals surface area (Å²) >= 11 is 0. The van der Waals surface area contributed by atoms with Gasteiger partial charge in [-0.25, -0.2) is 0 Å². The van der Waals surface area contributed by atoms with Crippen LogP contribution in [0.1, 0.15) is 27.2 Å². The van der Waals surface area contributed by atoms with Crippen molar-refractivity contribution in [1.29, 1.82) is 0 Å². The summed E-state index contributed by atoms with van der Waals surface area (Å²) in [5.41, 5.74) is 0. The van der Waals surface area contributed by atoms with Crippen LogP contribution in [0.5, 0.6) is 0 Å². The summed E-state index contributed by atoms with van der Waals surface area (Å²) < 4.78 is 0. The topological polar surface area (TPSA) is 12.0 Å². The van der Waals surface area contributed by atoms with Gasteiger partial charge in [0.25, 0.3) is 0 Å². The van der Waals surface area contributed by atoms with Crippen molar-refractivity contribution in [3.8, 4) is 0 Å². The van der Waals surface area contributed by atoms with Crippen molar-refractivity contribution < 1.29 is 0 Å². The van der Waals surface area contributed by atoms with E-state index in [1.165, 1.54) is 6.42 Å². The van der Waals surface area contributed by atoms with Gasteiger partial charge in [-0.1, -0.05) is 26.0 Å². The molecule has 0 rings (SSSR count). The number of hydrogen-bond donors (Lipinski definition) is 1. The fourth-order valence-corrected chi connectivity index (χ4v) is 0.843. The molecule has 0 aliphatic rings. The van der Waals surface area contributed by atoms with E-state index in [1.807, 2.05) is 0 Å². The Kier molecular flexibility index (Phi) is 5.64. The summed E-state index contributed by atoms with van der Waals surface area (Å²) in [4.78, 5) is 0. The number of rotatable bonds is 4. The molecule has 0 spiro atoms. The van der Waals surface area contributed by atoms with E-state index in [4.69, 9.17) is 0 Å². The van der Waals surface area contributed by atoms with Gasteiger partial charge in [-0.05, 0) is 19.9 Å². The zero-order valence-corrected chi connectivity index (χ0v) is 6.65. The maximum atomic E-state index is 3.35. The molecule has 0 radical (unpaired) electrons. The third-order valence-corrected chi connectivity index (χ3v) is 1.33. The number of allylic oxidation sites excluding steroid dienone is 1. The summed E-state index contributed by atoms with van der Waals surface area (Å²) in [6.07, 6.45) is 5.47. The third kappa shape index (κ3) is 4.22. The lowest BCUT2D eigenvalue weighted by molar-refractivity contribution is 0.599. The van der Waals surface area contributed by atoms with Crippen LogP contribution in [0, 0.1) is 0 Å². The second kappa shape index (κ2) is 5.83. The average Bonchev–Trinajstić information content (AvgIpc) is 1.88. The summed E-state index contributed by atoms with van der Waals surface area (Å²) in [7, 11) is 0. The Morgan fingerprint density at radius 3 is 2.44 bits per heavy atom. The summed E-state index contributed by atoms with van der Waals surface area (Å²) in [6.45, 7) is 7.43. The lowest BCUT2D eigenvalue weighted by atomic mass is 10.2. The van der Waals surface area contributed by atoms with Crippen LogP contribution in [-0.2, 0) is 0 Å². The molecule has 0 aromatic carbocycles. The van der Waals surface area contributed by atoms with Crippen LogP contribution in [0.15, 0.2) is 12.2 Å². The van der Waals surface area contributed by atoms with Gasteiger partial charge in [-0.2, -0.15) is 0 Å². The van der Waals surface area contributed by atoms with Gasteiger partial charge < -0.3 is 5.32 Å². The number of hydrogen-bond acceptors (Lipinski definition) is 1. The van der Waals surface area contributed by atoms with E-state index < -0.39 is 0 Å². The van der Waals surface area contributed by atoms with Crippen molar-refractivity contribution >= 4 is 0 Å². The van der Waals surface area contributed by atoms with Crippen LogP contribution in [0.2, 0.25) is 0 Å². The molecule has 0 saturated heterocycles. The van der Waals surface area contributed by atoms with Crippen LogP contribution in [0.3, 0.4) is 0 Å². The van der Waals surface area contributed by atoms with E-state index in [1.54, 1.807) is 0 Å². The Labute approximate surface area is 58.2 Å². The Bertz CT molecular complexity index is 76.6. The lowest BCUT2D eigenvalue weighted by Crippen LogP contribution is -2.25. The molecule has 9 heavy (non-hydrogen) atoms. The Hall–Kier alpha value is -0.300. The minimum Gasteiger partial charge on any atom is -0.311 e. The molecule has 0 aliphatic heterocycles. The molecule has 1 heteroatoms. The standard InChI is InChI=1S/C8H17N/c1-4-7-8(5-2)9-6-3/h4,7-9H,5-6H2,1-3H3/b7-4-. The normalized spacial score (nSPS) is 14.6. The summed E-state index contributed by atoms with van der Waals surface area (Å²) in [5, 5.41) is 3.35. The molecule has 0 aliphatic carbocycles. The summed E-state index contributed by atoms with van der Waals surface area (Å²) in [6, 6.07) is 0.583. The molecule has 54 valence electrons. The SMILES string of the molecule is C/C=C\C(CC)NCC. The van der Waals surface area contributed by atoms with Crippen molar-refractivity contribution in [1.82, 2.24) is 5.32 Å². The minimum absolute atomic E-state index is 0.583. The molecule has 1 nitrogen and oxygen atoms in total. The second-order valence-electron chi connectivity index (χ2n) is 2.10. The molecule has 0 aromatic heterocycles. The molecule has 0 aromatic rings. The average molecular weight is 127 g/mol. The third-order valence-electron chi connectivity index (χ3n) is 1.33. The molecule has 1 unspecified atom stereocenters. The molecule has 0 saturated carbocycles. The highest BCUT2D eigenvalue weighted by Crippen LogP contribution is 1.91. The largest absolute Gasteiger partial charge is 0.311 e. The van der Waals surface area contributed by atoms with E-state index in [0.717, 1.165) is 6.54 Å². The van der Waals surface area contributed by atoms with Gasteiger partial charge in [0.1, 0.15) is 0 Å². The molecular weight excluding hydrogens is 110 g/mol. The molecule has 0 heterocycles. The van der Waals surface area contributed by atoms with E-state index in [9.17, 15) is 0 Å². The highest BCUT2D eigenvalue weighted by molar-refractivity contribution is 4.89. The predicted octanol–water partition coefficient (Wildman–Crippen LogP) is 1.95. The van der Waals surface area contributed by atoms with Crippen molar-refractivity contribution in [2.75, 3.05) is 6.54 Å². The zero-order valence-electron chi connectivity index (χ0n) is 6.65. The van der Waals surface area contributed by atoms with Gasteiger partial charge in [0.2, 0.25) is 0 Å². The fourth-order valence-electron chi connectivity index (χ4n) is 0.843. The zero-order chi connectivity index (χ0) is 7.11. The van der Waals surface area contributed by atoms with E-state index >= 15 is 0 Å². The Morgan fingerprint density at radius 2 is 2.11 bits per heavy atom. The van der Waals surface area contributed by atoms with Gasteiger partial charge >= 0.3 is 0 Å². The molecule has 0 bridgehead atoms. The first-order valence-corrected chi connectivity index (χ1v) is 3.71. The van der Waals surface area contributed by atoms with Crippen molar-refractivity contribution in [2.24, 2.45) is 0 Å². The first kappa shape index (κ1) is 8.70. The second-order valence-corrected chi connectivity index (χ2v) is 2.10. The molecule has 0 fully saturated rings. The predicted molar refractivity (Wildman–Crippen MR) is 42.6 cm³/mol. The van der Waals surface area contributed by atoms with Crippen LogP contribution in [0.4, 0.5) is 0 Å². The molecular formula is C8H17N. The van der Waals surface area contributed by atoms with Crippen LogP contribution in [-0.4, -0.2) is 12.6 Å². The van der Waals surface area contributed by atoms with E-state index in [-0.39, 0.29) is 0 Å². The van der Waals surface area contributed by atoms with E-state index in [2.05, 4.69) is 38.2 Å². The first-order valence-electron chi connectivity index (χ1n) is 3.71. The minimum atomic E-state index is 0.583. The molecule has 1 atom stereocenters. The maximum absolute atomic E-state index is 3.35. The van der Waals surface area contributed by atoms with Gasteiger partial charge in [0, 0.05) is 6.04 Å². The van der Waals surface area contributed by atoms with Crippen LogP contribution >= 0.6 is 0 Å². The highest BCUT2D eigenvalue weighted by atomic mass is 14.9. The van der Waals surface area contributed by atoms with Gasteiger partial charge in [0.05, 0.1) is 0 Å². The summed E-state index contributed by atoms with van der Waals surface area (Å²) in [5.74, 6) is 0. The van der Waals surface area contributed by atoms with E-state index in [0.29, 0.717) is 6.04 Å². The lowest BCUT2D eigenvalue weighted by Gasteiger charge is -2.09.